The highest BCUT2D eigenvalue weighted by atomic mass is 16.5. The minimum Gasteiger partial charge on any atom is -0.489 e. The Morgan fingerprint density at radius 1 is 1.12 bits per heavy atom. The Bertz CT molecular complexity index is 679. The first-order chi connectivity index (χ1) is 11.8. The van der Waals surface area contributed by atoms with Gasteiger partial charge in [-0.3, -0.25) is 0 Å². The third-order valence-corrected chi connectivity index (χ3v) is 4.41. The predicted octanol–water partition coefficient (Wildman–Crippen LogP) is 3.52. The number of esters is 1. The highest BCUT2D eigenvalue weighted by Crippen LogP contribution is 2.30. The summed E-state index contributed by atoms with van der Waals surface area (Å²) in [6.45, 7) is 2.50. The zero-order valence-electron chi connectivity index (χ0n) is 14.0. The van der Waals surface area contributed by atoms with Crippen LogP contribution < -0.4 is 10.1 Å². The van der Waals surface area contributed by atoms with Gasteiger partial charge in [0.1, 0.15) is 12.4 Å². The van der Waals surface area contributed by atoms with E-state index in [1.54, 1.807) is 6.07 Å². The molecule has 0 amide bonds. The van der Waals surface area contributed by atoms with Crippen molar-refractivity contribution in [2.45, 2.75) is 25.4 Å². The fourth-order valence-electron chi connectivity index (χ4n) is 3.07. The zero-order chi connectivity index (χ0) is 16.8. The molecule has 0 atom stereocenters. The van der Waals surface area contributed by atoms with Crippen LogP contribution in [0.4, 0.5) is 0 Å². The van der Waals surface area contributed by atoms with Crippen LogP contribution in [-0.2, 0) is 11.3 Å². The number of ether oxygens (including phenoxy) is 2. The summed E-state index contributed by atoms with van der Waals surface area (Å²) in [6.07, 6.45) is 2.14. The van der Waals surface area contributed by atoms with Crippen molar-refractivity contribution in [3.63, 3.8) is 0 Å². The molecule has 1 aliphatic heterocycles. The number of carbonyl (C=O) groups is 1. The van der Waals surface area contributed by atoms with E-state index in [9.17, 15) is 4.79 Å². The van der Waals surface area contributed by atoms with Crippen molar-refractivity contribution < 1.29 is 14.3 Å². The lowest BCUT2D eigenvalue weighted by Crippen LogP contribution is -2.26. The van der Waals surface area contributed by atoms with Crippen molar-refractivity contribution in [3.05, 3.63) is 65.2 Å². The summed E-state index contributed by atoms with van der Waals surface area (Å²) < 4.78 is 10.8. The molecule has 0 spiro atoms. The number of hydrogen-bond donors (Lipinski definition) is 1. The molecule has 2 aromatic carbocycles. The molecule has 0 aliphatic carbocycles. The van der Waals surface area contributed by atoms with Crippen molar-refractivity contribution in [3.8, 4) is 5.75 Å². The van der Waals surface area contributed by atoms with E-state index in [0.29, 0.717) is 18.1 Å². The van der Waals surface area contributed by atoms with Gasteiger partial charge in [-0.05, 0) is 61.2 Å². The van der Waals surface area contributed by atoms with Gasteiger partial charge >= 0.3 is 5.97 Å². The highest BCUT2D eigenvalue weighted by molar-refractivity contribution is 5.90. The molecule has 1 N–H and O–H groups in total. The summed E-state index contributed by atoms with van der Waals surface area (Å²) in [5, 5.41) is 3.37. The fraction of sp³-hybridized carbons (Fsp3) is 0.350. The van der Waals surface area contributed by atoms with E-state index in [4.69, 9.17) is 9.47 Å². The molecule has 2 aromatic rings. The van der Waals surface area contributed by atoms with Gasteiger partial charge in [0.15, 0.2) is 0 Å². The Morgan fingerprint density at radius 2 is 1.88 bits per heavy atom. The average Bonchev–Trinajstić information content (AvgIpc) is 2.67. The molecule has 0 aromatic heterocycles. The zero-order valence-corrected chi connectivity index (χ0v) is 14.0. The maximum absolute atomic E-state index is 12.0. The molecule has 3 rings (SSSR count). The third-order valence-electron chi connectivity index (χ3n) is 4.41. The van der Waals surface area contributed by atoms with Gasteiger partial charge in [0.25, 0.3) is 0 Å². The number of rotatable bonds is 5. The van der Waals surface area contributed by atoms with E-state index in [1.807, 2.05) is 36.4 Å². The maximum Gasteiger partial charge on any atom is 0.337 e. The number of piperidine rings is 1. The van der Waals surface area contributed by atoms with Crippen LogP contribution in [0.1, 0.15) is 40.2 Å². The fourth-order valence-corrected chi connectivity index (χ4v) is 3.07. The lowest BCUT2D eigenvalue weighted by atomic mass is 9.89. The Balaban J connectivity index is 1.82. The molecule has 1 saturated heterocycles. The highest BCUT2D eigenvalue weighted by Gasteiger charge is 2.18. The van der Waals surface area contributed by atoms with Crippen molar-refractivity contribution in [2.75, 3.05) is 20.2 Å². The smallest absolute Gasteiger partial charge is 0.337 e. The van der Waals surface area contributed by atoms with E-state index in [2.05, 4.69) is 11.4 Å². The number of hydrogen-bond acceptors (Lipinski definition) is 4. The number of carbonyl (C=O) groups excluding carboxylic acids is 1. The minimum absolute atomic E-state index is 0.324. The Labute approximate surface area is 142 Å². The van der Waals surface area contributed by atoms with Crippen LogP contribution in [0.25, 0.3) is 0 Å². The molecule has 4 nitrogen and oxygen atoms in total. The van der Waals surface area contributed by atoms with E-state index in [-0.39, 0.29) is 5.97 Å². The van der Waals surface area contributed by atoms with Crippen LogP contribution in [-0.4, -0.2) is 26.2 Å². The van der Waals surface area contributed by atoms with E-state index >= 15 is 0 Å². The molecule has 1 fully saturated rings. The Hall–Kier alpha value is -2.33. The molecular formula is C20H23NO3. The van der Waals surface area contributed by atoms with Crippen molar-refractivity contribution >= 4 is 5.97 Å². The van der Waals surface area contributed by atoms with Crippen LogP contribution in [0.15, 0.2) is 48.5 Å². The SMILES string of the molecule is COC(=O)c1cc(OCc2ccccc2)cc(C2CCNCC2)c1. The monoisotopic (exact) mass is 325 g/mol. The first kappa shape index (κ1) is 16.5. The first-order valence-corrected chi connectivity index (χ1v) is 8.37. The second-order valence-corrected chi connectivity index (χ2v) is 6.08. The van der Waals surface area contributed by atoms with Gasteiger partial charge in [0.05, 0.1) is 12.7 Å². The van der Waals surface area contributed by atoms with Gasteiger partial charge < -0.3 is 14.8 Å². The van der Waals surface area contributed by atoms with Crippen molar-refractivity contribution in [2.24, 2.45) is 0 Å². The maximum atomic E-state index is 12.0. The molecule has 4 heteroatoms. The lowest BCUT2D eigenvalue weighted by molar-refractivity contribution is 0.0600. The molecule has 0 bridgehead atoms. The standard InChI is InChI=1S/C20H23NO3/c1-23-20(22)18-11-17(16-7-9-21-10-8-16)12-19(13-18)24-14-15-5-3-2-4-6-15/h2-6,11-13,16,21H,7-10,14H2,1H3. The molecule has 0 saturated carbocycles. The predicted molar refractivity (Wildman–Crippen MR) is 93.4 cm³/mol. The summed E-state index contributed by atoms with van der Waals surface area (Å²) in [7, 11) is 1.41. The molecule has 24 heavy (non-hydrogen) atoms. The summed E-state index contributed by atoms with van der Waals surface area (Å²) >= 11 is 0. The lowest BCUT2D eigenvalue weighted by Gasteiger charge is -2.24. The summed E-state index contributed by atoms with van der Waals surface area (Å²) in [4.78, 5) is 12.0. The Morgan fingerprint density at radius 3 is 2.58 bits per heavy atom. The van der Waals surface area contributed by atoms with Crippen LogP contribution in [0.5, 0.6) is 5.75 Å². The summed E-state index contributed by atoms with van der Waals surface area (Å²) in [5.41, 5.74) is 2.81. The van der Waals surface area contributed by atoms with Gasteiger partial charge in [-0.15, -0.1) is 0 Å². The van der Waals surface area contributed by atoms with Crippen LogP contribution in [0, 0.1) is 0 Å². The van der Waals surface area contributed by atoms with E-state index in [0.717, 1.165) is 42.8 Å². The molecule has 1 aliphatic rings. The molecule has 1 heterocycles. The minimum atomic E-state index is -0.324. The van der Waals surface area contributed by atoms with Crippen LogP contribution >= 0.6 is 0 Å². The average molecular weight is 325 g/mol. The normalized spacial score (nSPS) is 15.0. The summed E-state index contributed by atoms with van der Waals surface area (Å²) in [5.74, 6) is 0.848. The van der Waals surface area contributed by atoms with Crippen LogP contribution in [0.2, 0.25) is 0 Å². The second-order valence-electron chi connectivity index (χ2n) is 6.08. The first-order valence-electron chi connectivity index (χ1n) is 8.37. The molecule has 0 radical (unpaired) electrons. The van der Waals surface area contributed by atoms with Gasteiger partial charge in [0.2, 0.25) is 0 Å². The van der Waals surface area contributed by atoms with Gasteiger partial charge in [-0.2, -0.15) is 0 Å². The van der Waals surface area contributed by atoms with E-state index in [1.165, 1.54) is 7.11 Å². The molecule has 126 valence electrons. The topological polar surface area (TPSA) is 47.6 Å². The van der Waals surface area contributed by atoms with Gasteiger partial charge in [0, 0.05) is 0 Å². The number of benzene rings is 2. The van der Waals surface area contributed by atoms with Gasteiger partial charge in [-0.25, -0.2) is 4.79 Å². The quantitative estimate of drug-likeness (QED) is 0.855. The number of nitrogens with one attached hydrogen (secondary N) is 1. The largest absolute Gasteiger partial charge is 0.489 e. The van der Waals surface area contributed by atoms with E-state index < -0.39 is 0 Å². The van der Waals surface area contributed by atoms with Crippen LogP contribution in [0.3, 0.4) is 0 Å². The Kier molecular flexibility index (Phi) is 5.49. The molecular weight excluding hydrogens is 302 g/mol. The third kappa shape index (κ3) is 4.15. The second kappa shape index (κ2) is 7.97. The molecule has 0 unspecified atom stereocenters. The van der Waals surface area contributed by atoms with Crippen molar-refractivity contribution in [1.29, 1.82) is 0 Å². The number of methoxy groups -OCH3 is 1. The van der Waals surface area contributed by atoms with Gasteiger partial charge in [-0.1, -0.05) is 30.3 Å². The summed E-state index contributed by atoms with van der Waals surface area (Å²) in [6, 6.07) is 15.8. The van der Waals surface area contributed by atoms with Crippen molar-refractivity contribution in [1.82, 2.24) is 5.32 Å².